The van der Waals surface area contributed by atoms with Gasteiger partial charge in [-0.3, -0.25) is 9.59 Å². The zero-order chi connectivity index (χ0) is 23.1. The van der Waals surface area contributed by atoms with Crippen LogP contribution in [0, 0.1) is 6.92 Å². The molecular weight excluding hydrogens is 400 g/mol. The Bertz CT molecular complexity index is 1110. The molecule has 2 aromatic carbocycles. The molecular formula is C26H32N4O2. The minimum absolute atomic E-state index is 0.228. The third-order valence-electron chi connectivity index (χ3n) is 5.64. The molecule has 6 heteroatoms. The first-order valence-electron chi connectivity index (χ1n) is 11.1. The zero-order valence-corrected chi connectivity index (χ0v) is 19.3. The number of amides is 2. The van der Waals surface area contributed by atoms with Crippen molar-refractivity contribution in [3.8, 4) is 0 Å². The third kappa shape index (κ3) is 5.65. The van der Waals surface area contributed by atoms with Crippen molar-refractivity contribution in [1.29, 1.82) is 0 Å². The van der Waals surface area contributed by atoms with Crippen LogP contribution in [0.4, 0.5) is 0 Å². The molecule has 1 heterocycles. The molecule has 1 aromatic heterocycles. The number of para-hydroxylation sites is 1. The van der Waals surface area contributed by atoms with Gasteiger partial charge in [-0.2, -0.15) is 0 Å². The number of carbonyl (C=O) groups excluding carboxylic acids is 2. The number of carbonyl (C=O) groups is 2. The highest BCUT2D eigenvalue weighted by atomic mass is 16.2. The molecule has 0 aliphatic heterocycles. The average Bonchev–Trinajstić information content (AvgIpc) is 3.12. The first-order chi connectivity index (χ1) is 15.4. The summed E-state index contributed by atoms with van der Waals surface area (Å²) in [4.78, 5) is 28.1. The summed E-state index contributed by atoms with van der Waals surface area (Å²) in [5, 5.41) is 6.80. The van der Waals surface area contributed by atoms with Crippen LogP contribution in [0.1, 0.15) is 35.3 Å². The fourth-order valence-electron chi connectivity index (χ4n) is 3.66. The highest BCUT2D eigenvalue weighted by Crippen LogP contribution is 2.22. The van der Waals surface area contributed by atoms with Gasteiger partial charge in [0, 0.05) is 48.4 Å². The second kappa shape index (κ2) is 10.8. The van der Waals surface area contributed by atoms with Gasteiger partial charge in [-0.25, -0.2) is 0 Å². The van der Waals surface area contributed by atoms with Gasteiger partial charge in [-0.1, -0.05) is 49.7 Å². The number of hydrogen-bond acceptors (Lipinski definition) is 3. The monoisotopic (exact) mass is 432 g/mol. The Morgan fingerprint density at radius 3 is 2.41 bits per heavy atom. The van der Waals surface area contributed by atoms with E-state index in [0.29, 0.717) is 12.1 Å². The average molecular weight is 433 g/mol. The van der Waals surface area contributed by atoms with Gasteiger partial charge in [-0.15, -0.1) is 0 Å². The minimum Gasteiger partial charge on any atom is -0.350 e. The Morgan fingerprint density at radius 1 is 1.03 bits per heavy atom. The number of likely N-dealkylation sites (N-methyl/N-ethyl adjacent to an activating group) is 1. The van der Waals surface area contributed by atoms with Crippen molar-refractivity contribution in [2.24, 2.45) is 7.05 Å². The summed E-state index contributed by atoms with van der Waals surface area (Å²) < 4.78 is 2.01. The van der Waals surface area contributed by atoms with Crippen LogP contribution in [0.25, 0.3) is 17.0 Å². The predicted octanol–water partition coefficient (Wildman–Crippen LogP) is 3.72. The Hall–Kier alpha value is -3.38. The molecule has 0 unspecified atom stereocenters. The van der Waals surface area contributed by atoms with Crippen LogP contribution < -0.4 is 10.6 Å². The van der Waals surface area contributed by atoms with Gasteiger partial charge in [0.2, 0.25) is 0 Å². The summed E-state index contributed by atoms with van der Waals surface area (Å²) in [5.74, 6) is -0.610. The van der Waals surface area contributed by atoms with E-state index < -0.39 is 0 Å². The Kier molecular flexibility index (Phi) is 7.84. The van der Waals surface area contributed by atoms with E-state index in [9.17, 15) is 9.59 Å². The standard InChI is InChI=1S/C26H32N4O2/c1-5-30(6-2)16-15-27-26(32)23(28-25(31)20-13-11-19(3)12-14-20)17-21-18-29(4)24-10-8-7-9-22(21)24/h7-14,17-18H,5-6,15-16H2,1-4H3,(H,27,32)(H,28,31). The Balaban J connectivity index is 1.87. The summed E-state index contributed by atoms with van der Waals surface area (Å²) in [6, 6.07) is 15.3. The molecule has 0 aliphatic rings. The molecule has 0 saturated heterocycles. The number of nitrogens with zero attached hydrogens (tertiary/aromatic N) is 2. The van der Waals surface area contributed by atoms with E-state index in [2.05, 4.69) is 29.4 Å². The molecule has 0 atom stereocenters. The van der Waals surface area contributed by atoms with E-state index >= 15 is 0 Å². The summed E-state index contributed by atoms with van der Waals surface area (Å²) >= 11 is 0. The molecule has 0 radical (unpaired) electrons. The maximum Gasteiger partial charge on any atom is 0.267 e. The van der Waals surface area contributed by atoms with Crippen LogP contribution in [0.2, 0.25) is 0 Å². The van der Waals surface area contributed by atoms with Crippen LogP contribution in [0.15, 0.2) is 60.4 Å². The lowest BCUT2D eigenvalue weighted by atomic mass is 10.1. The Labute approximate surface area is 189 Å². The van der Waals surface area contributed by atoms with Crippen LogP contribution in [-0.4, -0.2) is 47.5 Å². The molecule has 168 valence electrons. The smallest absolute Gasteiger partial charge is 0.267 e. The van der Waals surface area contributed by atoms with Gasteiger partial charge in [0.15, 0.2) is 0 Å². The molecule has 0 aliphatic carbocycles. The predicted molar refractivity (Wildman–Crippen MR) is 130 cm³/mol. The van der Waals surface area contributed by atoms with Crippen LogP contribution >= 0.6 is 0 Å². The number of rotatable bonds is 9. The van der Waals surface area contributed by atoms with Gasteiger partial charge in [0.25, 0.3) is 11.8 Å². The van der Waals surface area contributed by atoms with E-state index in [1.54, 1.807) is 18.2 Å². The highest BCUT2D eigenvalue weighted by Gasteiger charge is 2.16. The second-order valence-corrected chi connectivity index (χ2v) is 7.87. The molecule has 0 fully saturated rings. The van der Waals surface area contributed by atoms with E-state index in [-0.39, 0.29) is 17.5 Å². The topological polar surface area (TPSA) is 66.4 Å². The zero-order valence-electron chi connectivity index (χ0n) is 19.3. The number of fused-ring (bicyclic) bond motifs is 1. The fourth-order valence-corrected chi connectivity index (χ4v) is 3.66. The van der Waals surface area contributed by atoms with E-state index in [1.807, 2.05) is 61.1 Å². The third-order valence-corrected chi connectivity index (χ3v) is 5.64. The number of benzene rings is 2. The summed E-state index contributed by atoms with van der Waals surface area (Å²) in [7, 11) is 1.97. The van der Waals surface area contributed by atoms with Gasteiger partial charge >= 0.3 is 0 Å². The van der Waals surface area contributed by atoms with Crippen molar-refractivity contribution in [2.75, 3.05) is 26.2 Å². The number of aryl methyl sites for hydroxylation is 2. The van der Waals surface area contributed by atoms with Crippen molar-refractivity contribution in [3.05, 3.63) is 77.1 Å². The van der Waals surface area contributed by atoms with Gasteiger partial charge in [-0.05, 0) is 44.3 Å². The van der Waals surface area contributed by atoms with Gasteiger partial charge in [0.05, 0.1) is 0 Å². The molecule has 2 amide bonds. The molecule has 6 nitrogen and oxygen atoms in total. The van der Waals surface area contributed by atoms with Crippen molar-refractivity contribution in [3.63, 3.8) is 0 Å². The first-order valence-corrected chi connectivity index (χ1v) is 11.1. The lowest BCUT2D eigenvalue weighted by molar-refractivity contribution is -0.117. The maximum atomic E-state index is 13.1. The van der Waals surface area contributed by atoms with Crippen LogP contribution in [-0.2, 0) is 11.8 Å². The fraction of sp³-hybridized carbons (Fsp3) is 0.308. The molecule has 0 bridgehead atoms. The van der Waals surface area contributed by atoms with Crippen LogP contribution in [0.3, 0.4) is 0 Å². The van der Waals surface area contributed by atoms with E-state index in [1.165, 1.54) is 0 Å². The Morgan fingerprint density at radius 2 is 1.72 bits per heavy atom. The molecule has 3 rings (SSSR count). The lowest BCUT2D eigenvalue weighted by Gasteiger charge is -2.18. The normalized spacial score (nSPS) is 11.7. The van der Waals surface area contributed by atoms with E-state index in [4.69, 9.17) is 0 Å². The highest BCUT2D eigenvalue weighted by molar-refractivity contribution is 6.06. The molecule has 0 saturated carbocycles. The second-order valence-electron chi connectivity index (χ2n) is 7.87. The van der Waals surface area contributed by atoms with Gasteiger partial charge < -0.3 is 20.1 Å². The van der Waals surface area contributed by atoms with Crippen molar-refractivity contribution in [1.82, 2.24) is 20.1 Å². The molecule has 3 aromatic rings. The molecule has 0 spiro atoms. The number of hydrogen-bond donors (Lipinski definition) is 2. The van der Waals surface area contributed by atoms with E-state index in [0.717, 1.165) is 41.7 Å². The lowest BCUT2D eigenvalue weighted by Crippen LogP contribution is -2.39. The van der Waals surface area contributed by atoms with Gasteiger partial charge in [0.1, 0.15) is 5.70 Å². The SMILES string of the molecule is CCN(CC)CCNC(=O)C(=Cc1cn(C)c2ccccc12)NC(=O)c1ccc(C)cc1. The molecule has 32 heavy (non-hydrogen) atoms. The van der Waals surface area contributed by atoms with Crippen molar-refractivity contribution < 1.29 is 9.59 Å². The minimum atomic E-state index is -0.310. The van der Waals surface area contributed by atoms with Crippen molar-refractivity contribution >= 4 is 28.8 Å². The van der Waals surface area contributed by atoms with Crippen LogP contribution in [0.5, 0.6) is 0 Å². The summed E-state index contributed by atoms with van der Waals surface area (Å²) in [6.07, 6.45) is 3.72. The number of nitrogens with one attached hydrogen (secondary N) is 2. The number of aromatic nitrogens is 1. The summed E-state index contributed by atoms with van der Waals surface area (Å²) in [6.45, 7) is 9.28. The van der Waals surface area contributed by atoms with Crippen molar-refractivity contribution in [2.45, 2.75) is 20.8 Å². The molecule has 2 N–H and O–H groups in total. The maximum absolute atomic E-state index is 13.1. The quantitative estimate of drug-likeness (QED) is 0.507. The largest absolute Gasteiger partial charge is 0.350 e. The first kappa shape index (κ1) is 23.3. The summed E-state index contributed by atoms with van der Waals surface area (Å²) in [5.41, 5.74) is 3.75.